The fraction of sp³-hybridized carbons (Fsp3) is 0.286. The van der Waals surface area contributed by atoms with Crippen LogP contribution in [0.15, 0.2) is 30.6 Å². The van der Waals surface area contributed by atoms with Gasteiger partial charge in [-0.15, -0.1) is 0 Å². The molecule has 0 atom stereocenters. The average molecular weight is 277 g/mol. The molecule has 0 aliphatic heterocycles. The van der Waals surface area contributed by atoms with Crippen molar-refractivity contribution in [3.05, 3.63) is 46.7 Å². The van der Waals surface area contributed by atoms with Crippen molar-refractivity contribution in [2.75, 3.05) is 11.1 Å². The van der Waals surface area contributed by atoms with E-state index >= 15 is 0 Å². The molecule has 5 heteroatoms. The van der Waals surface area contributed by atoms with Gasteiger partial charge in [-0.3, -0.25) is 0 Å². The van der Waals surface area contributed by atoms with E-state index in [2.05, 4.69) is 22.2 Å². The molecule has 19 heavy (non-hydrogen) atoms. The Labute approximate surface area is 118 Å². The summed E-state index contributed by atoms with van der Waals surface area (Å²) in [7, 11) is 0. The number of nitrogens with two attached hydrogens (primary N) is 1. The van der Waals surface area contributed by atoms with Gasteiger partial charge in [0.05, 0.1) is 0 Å². The number of hydrogen-bond donors (Lipinski definition) is 2. The van der Waals surface area contributed by atoms with Crippen LogP contribution in [-0.2, 0) is 13.0 Å². The fourth-order valence-corrected chi connectivity index (χ4v) is 1.99. The number of nitrogen functional groups attached to an aromatic ring is 1. The van der Waals surface area contributed by atoms with E-state index in [-0.39, 0.29) is 0 Å². The van der Waals surface area contributed by atoms with Crippen LogP contribution in [0.5, 0.6) is 0 Å². The predicted octanol–water partition coefficient (Wildman–Crippen LogP) is 3.28. The molecule has 3 N–H and O–H groups in total. The Morgan fingerprint density at radius 2 is 1.95 bits per heavy atom. The lowest BCUT2D eigenvalue weighted by atomic mass is 10.1. The van der Waals surface area contributed by atoms with E-state index in [1.165, 1.54) is 6.33 Å². The summed E-state index contributed by atoms with van der Waals surface area (Å²) < 4.78 is 0. The molecule has 1 aromatic heterocycles. The first-order valence-electron chi connectivity index (χ1n) is 6.28. The lowest BCUT2D eigenvalue weighted by Crippen LogP contribution is -2.08. The first kappa shape index (κ1) is 13.6. The molecule has 0 radical (unpaired) electrons. The van der Waals surface area contributed by atoms with Gasteiger partial charge in [-0.25, -0.2) is 9.97 Å². The summed E-state index contributed by atoms with van der Waals surface area (Å²) in [6, 6.07) is 7.72. The quantitative estimate of drug-likeness (QED) is 0.880. The number of halogens is 1. The van der Waals surface area contributed by atoms with Crippen LogP contribution in [0.3, 0.4) is 0 Å². The van der Waals surface area contributed by atoms with Crippen molar-refractivity contribution >= 4 is 23.2 Å². The molecule has 0 aliphatic carbocycles. The largest absolute Gasteiger partial charge is 0.383 e. The lowest BCUT2D eigenvalue weighted by Gasteiger charge is -2.11. The van der Waals surface area contributed by atoms with E-state index in [1.807, 2.05) is 24.3 Å². The lowest BCUT2D eigenvalue weighted by molar-refractivity contribution is 0.901. The number of hydrogen-bond acceptors (Lipinski definition) is 4. The summed E-state index contributed by atoms with van der Waals surface area (Å²) in [6.07, 6.45) is 3.36. The highest BCUT2D eigenvalue weighted by Crippen LogP contribution is 2.20. The van der Waals surface area contributed by atoms with Gasteiger partial charge >= 0.3 is 0 Å². The van der Waals surface area contributed by atoms with Gasteiger partial charge < -0.3 is 11.1 Å². The van der Waals surface area contributed by atoms with Crippen molar-refractivity contribution in [2.24, 2.45) is 0 Å². The maximum Gasteiger partial charge on any atom is 0.134 e. The number of rotatable bonds is 5. The van der Waals surface area contributed by atoms with Gasteiger partial charge in [0.2, 0.25) is 0 Å². The van der Waals surface area contributed by atoms with E-state index in [1.54, 1.807) is 0 Å². The predicted molar refractivity (Wildman–Crippen MR) is 79.2 cm³/mol. The van der Waals surface area contributed by atoms with Crippen LogP contribution in [0.4, 0.5) is 11.6 Å². The van der Waals surface area contributed by atoms with Crippen LogP contribution in [0.1, 0.15) is 24.5 Å². The third-order valence-corrected chi connectivity index (χ3v) is 3.10. The van der Waals surface area contributed by atoms with E-state index in [0.29, 0.717) is 12.4 Å². The molecule has 0 unspecified atom stereocenters. The number of benzene rings is 1. The van der Waals surface area contributed by atoms with Crippen molar-refractivity contribution in [2.45, 2.75) is 26.3 Å². The maximum absolute atomic E-state index is 5.89. The van der Waals surface area contributed by atoms with Gasteiger partial charge in [-0.2, -0.15) is 0 Å². The molecule has 0 saturated carbocycles. The molecule has 100 valence electrons. The molecule has 4 nitrogen and oxygen atoms in total. The van der Waals surface area contributed by atoms with Gasteiger partial charge in [-0.1, -0.05) is 37.1 Å². The van der Waals surface area contributed by atoms with Gasteiger partial charge in [0.15, 0.2) is 0 Å². The zero-order chi connectivity index (χ0) is 13.7. The summed E-state index contributed by atoms with van der Waals surface area (Å²) in [5.41, 5.74) is 8.02. The molecule has 1 aromatic carbocycles. The molecule has 0 spiro atoms. The average Bonchev–Trinajstić information content (AvgIpc) is 2.41. The molecular formula is C14H17ClN4. The molecule has 0 saturated heterocycles. The Morgan fingerprint density at radius 3 is 2.63 bits per heavy atom. The summed E-state index contributed by atoms with van der Waals surface area (Å²) in [5, 5.41) is 4.04. The first-order chi connectivity index (χ1) is 9.20. The highest BCUT2D eigenvalue weighted by atomic mass is 35.5. The van der Waals surface area contributed by atoms with Crippen LogP contribution < -0.4 is 11.1 Å². The van der Waals surface area contributed by atoms with Gasteiger partial charge in [0.25, 0.3) is 0 Å². The monoisotopic (exact) mass is 276 g/mol. The molecule has 0 fully saturated rings. The molecular weight excluding hydrogens is 260 g/mol. The fourth-order valence-electron chi connectivity index (χ4n) is 1.86. The van der Waals surface area contributed by atoms with E-state index < -0.39 is 0 Å². The Morgan fingerprint density at radius 1 is 1.21 bits per heavy atom. The minimum atomic E-state index is 0.551. The SMILES string of the molecule is CCCc1c(N)ncnc1NCc1ccc(Cl)cc1. The topological polar surface area (TPSA) is 63.8 Å². The van der Waals surface area contributed by atoms with Crippen molar-refractivity contribution in [1.29, 1.82) is 0 Å². The molecule has 2 rings (SSSR count). The number of aromatic nitrogens is 2. The smallest absolute Gasteiger partial charge is 0.134 e. The standard InChI is InChI=1S/C14H17ClN4/c1-2-3-12-13(16)18-9-19-14(12)17-8-10-4-6-11(15)7-5-10/h4-7,9H,2-3,8H2,1H3,(H3,16,17,18,19). The highest BCUT2D eigenvalue weighted by Gasteiger charge is 2.07. The number of nitrogens with zero attached hydrogens (tertiary/aromatic N) is 2. The molecule has 0 aliphatic rings. The Bertz CT molecular complexity index is 540. The van der Waals surface area contributed by atoms with Crippen molar-refractivity contribution < 1.29 is 0 Å². The Kier molecular flexibility index (Phi) is 4.58. The second-order valence-electron chi connectivity index (χ2n) is 4.32. The first-order valence-corrected chi connectivity index (χ1v) is 6.66. The molecule has 1 heterocycles. The van der Waals surface area contributed by atoms with E-state index in [4.69, 9.17) is 17.3 Å². The number of nitrogens with one attached hydrogen (secondary N) is 1. The molecule has 0 bridgehead atoms. The third-order valence-electron chi connectivity index (χ3n) is 2.85. The third kappa shape index (κ3) is 3.58. The summed E-state index contributed by atoms with van der Waals surface area (Å²) in [5.74, 6) is 1.36. The second-order valence-corrected chi connectivity index (χ2v) is 4.75. The van der Waals surface area contributed by atoms with Crippen molar-refractivity contribution in [3.8, 4) is 0 Å². The van der Waals surface area contributed by atoms with Gasteiger partial charge in [0, 0.05) is 17.1 Å². The zero-order valence-electron chi connectivity index (χ0n) is 10.9. The number of anilines is 2. The van der Waals surface area contributed by atoms with Crippen molar-refractivity contribution in [1.82, 2.24) is 9.97 Å². The second kappa shape index (κ2) is 6.38. The molecule has 0 amide bonds. The van der Waals surface area contributed by atoms with E-state index in [0.717, 1.165) is 34.8 Å². The van der Waals surface area contributed by atoms with Crippen LogP contribution in [0.2, 0.25) is 5.02 Å². The minimum absolute atomic E-state index is 0.551. The summed E-state index contributed by atoms with van der Waals surface area (Å²) in [6.45, 7) is 2.79. The van der Waals surface area contributed by atoms with Crippen LogP contribution in [0, 0.1) is 0 Å². The summed E-state index contributed by atoms with van der Waals surface area (Å²) in [4.78, 5) is 8.30. The van der Waals surface area contributed by atoms with Crippen LogP contribution in [0.25, 0.3) is 0 Å². The van der Waals surface area contributed by atoms with Crippen LogP contribution in [-0.4, -0.2) is 9.97 Å². The van der Waals surface area contributed by atoms with E-state index in [9.17, 15) is 0 Å². The summed E-state index contributed by atoms with van der Waals surface area (Å²) >= 11 is 5.86. The Hall–Kier alpha value is -1.81. The van der Waals surface area contributed by atoms with Gasteiger partial charge in [-0.05, 0) is 24.1 Å². The highest BCUT2D eigenvalue weighted by molar-refractivity contribution is 6.30. The zero-order valence-corrected chi connectivity index (χ0v) is 11.6. The maximum atomic E-state index is 5.89. The minimum Gasteiger partial charge on any atom is -0.383 e. The normalized spacial score (nSPS) is 10.4. The van der Waals surface area contributed by atoms with Crippen LogP contribution >= 0.6 is 11.6 Å². The van der Waals surface area contributed by atoms with Gasteiger partial charge in [0.1, 0.15) is 18.0 Å². The van der Waals surface area contributed by atoms with Crippen molar-refractivity contribution in [3.63, 3.8) is 0 Å². The molecule has 2 aromatic rings. The Balaban J connectivity index is 2.10.